The van der Waals surface area contributed by atoms with Crippen LogP contribution in [0.2, 0.25) is 0 Å². The van der Waals surface area contributed by atoms with E-state index in [2.05, 4.69) is 17.1 Å². The van der Waals surface area contributed by atoms with Crippen LogP contribution in [0.1, 0.15) is 50.7 Å². The van der Waals surface area contributed by atoms with Gasteiger partial charge < -0.3 is 14.4 Å². The Bertz CT molecular complexity index is 1240. The summed E-state index contributed by atoms with van der Waals surface area (Å²) >= 11 is 0. The average Bonchev–Trinajstić information content (AvgIpc) is 2.90. The summed E-state index contributed by atoms with van der Waals surface area (Å²) in [6.07, 6.45) is 5.52. The van der Waals surface area contributed by atoms with Crippen LogP contribution in [0.25, 0.3) is 11.1 Å². The quantitative estimate of drug-likeness (QED) is 0.291. The Morgan fingerprint density at radius 3 is 2.54 bits per heavy atom. The van der Waals surface area contributed by atoms with Crippen molar-refractivity contribution in [3.63, 3.8) is 0 Å². The second-order valence-corrected chi connectivity index (χ2v) is 10.1. The first kappa shape index (κ1) is 26.4. The van der Waals surface area contributed by atoms with Gasteiger partial charge >= 0.3 is 0 Å². The summed E-state index contributed by atoms with van der Waals surface area (Å²) in [6, 6.07) is 22.3. The van der Waals surface area contributed by atoms with Crippen LogP contribution in [0.15, 0.2) is 66.9 Å². The summed E-state index contributed by atoms with van der Waals surface area (Å²) < 4.78 is 11.2. The third-order valence-electron chi connectivity index (χ3n) is 7.05. The van der Waals surface area contributed by atoms with Crippen LogP contribution >= 0.6 is 0 Å². The minimum atomic E-state index is -0.503. The molecule has 0 aliphatic heterocycles. The van der Waals surface area contributed by atoms with E-state index < -0.39 is 5.41 Å². The number of ether oxygens (including phenoxy) is 2. The molecule has 6 heteroatoms. The van der Waals surface area contributed by atoms with Gasteiger partial charge in [-0.3, -0.25) is 4.79 Å². The lowest BCUT2D eigenvalue weighted by Gasteiger charge is -2.32. The minimum absolute atomic E-state index is 0.113. The predicted octanol–water partition coefficient (Wildman–Crippen LogP) is 6.30. The van der Waals surface area contributed by atoms with Gasteiger partial charge in [-0.25, -0.2) is 4.98 Å². The lowest BCUT2D eigenvalue weighted by molar-refractivity contribution is -0.124. The summed E-state index contributed by atoms with van der Waals surface area (Å²) in [4.78, 5) is 19.4. The Morgan fingerprint density at radius 1 is 1.11 bits per heavy atom. The number of carbonyl (C=O) groups is 1. The van der Waals surface area contributed by atoms with E-state index >= 15 is 0 Å². The van der Waals surface area contributed by atoms with E-state index in [0.29, 0.717) is 25.6 Å². The molecule has 1 aliphatic carbocycles. The number of aromatic nitrogens is 1. The largest absolute Gasteiger partial charge is 0.481 e. The van der Waals surface area contributed by atoms with Crippen molar-refractivity contribution >= 4 is 11.6 Å². The second kappa shape index (κ2) is 12.0. The number of hydrogen-bond acceptors (Lipinski definition) is 5. The van der Waals surface area contributed by atoms with Gasteiger partial charge in [-0.15, -0.1) is 0 Å². The molecule has 1 saturated carbocycles. The number of amides is 1. The van der Waals surface area contributed by atoms with E-state index in [9.17, 15) is 10.1 Å². The zero-order valence-corrected chi connectivity index (χ0v) is 21.9. The molecule has 0 unspecified atom stereocenters. The molecule has 1 heterocycles. The van der Waals surface area contributed by atoms with Crippen molar-refractivity contribution in [3.8, 4) is 23.1 Å². The first-order chi connectivity index (χ1) is 17.9. The molecule has 0 spiro atoms. The summed E-state index contributed by atoms with van der Waals surface area (Å²) in [6.45, 7) is 5.50. The van der Waals surface area contributed by atoms with Gasteiger partial charge in [0.25, 0.3) is 0 Å². The molecule has 0 bridgehead atoms. The predicted molar refractivity (Wildman–Crippen MR) is 145 cm³/mol. The molecule has 192 valence electrons. The number of hydrogen-bond donors (Lipinski definition) is 0. The lowest BCUT2D eigenvalue weighted by Crippen LogP contribution is -2.40. The number of nitriles is 1. The van der Waals surface area contributed by atoms with E-state index in [1.54, 1.807) is 13.3 Å². The number of anilines is 1. The third kappa shape index (κ3) is 6.55. The zero-order valence-electron chi connectivity index (χ0n) is 21.9. The van der Waals surface area contributed by atoms with Crippen molar-refractivity contribution in [2.75, 3.05) is 25.2 Å². The third-order valence-corrected chi connectivity index (χ3v) is 7.05. The van der Waals surface area contributed by atoms with Crippen molar-refractivity contribution in [1.82, 2.24) is 4.98 Å². The summed E-state index contributed by atoms with van der Waals surface area (Å²) in [5.74, 6) is 0.874. The van der Waals surface area contributed by atoms with E-state index in [-0.39, 0.29) is 11.8 Å². The fourth-order valence-electron chi connectivity index (χ4n) is 4.39. The number of pyridine rings is 1. The van der Waals surface area contributed by atoms with Crippen molar-refractivity contribution in [2.24, 2.45) is 5.92 Å². The van der Waals surface area contributed by atoms with Gasteiger partial charge in [0.05, 0.1) is 25.2 Å². The van der Waals surface area contributed by atoms with Gasteiger partial charge in [0.1, 0.15) is 0 Å². The van der Waals surface area contributed by atoms with Gasteiger partial charge in [0.15, 0.2) is 0 Å². The van der Waals surface area contributed by atoms with Gasteiger partial charge in [-0.05, 0) is 73.6 Å². The molecule has 4 rings (SSSR count). The molecule has 37 heavy (non-hydrogen) atoms. The first-order valence-corrected chi connectivity index (χ1v) is 12.9. The normalized spacial score (nSPS) is 13.5. The highest BCUT2D eigenvalue weighted by Gasteiger charge is 2.30. The Labute approximate surface area is 219 Å². The highest BCUT2D eigenvalue weighted by molar-refractivity contribution is 5.96. The molecule has 1 aromatic heterocycles. The van der Waals surface area contributed by atoms with Crippen LogP contribution in [0.5, 0.6) is 5.88 Å². The van der Waals surface area contributed by atoms with Crippen LogP contribution in [0.3, 0.4) is 0 Å². The maximum atomic E-state index is 13.3. The van der Waals surface area contributed by atoms with Crippen molar-refractivity contribution in [1.29, 1.82) is 5.26 Å². The zero-order chi connectivity index (χ0) is 26.3. The molecule has 6 nitrogen and oxygen atoms in total. The Kier molecular flexibility index (Phi) is 8.58. The van der Waals surface area contributed by atoms with Gasteiger partial charge in [-0.2, -0.15) is 5.26 Å². The molecule has 0 saturated heterocycles. The van der Waals surface area contributed by atoms with Gasteiger partial charge in [-0.1, -0.05) is 42.8 Å². The van der Waals surface area contributed by atoms with Crippen LogP contribution in [-0.2, 0) is 21.6 Å². The highest BCUT2D eigenvalue weighted by Crippen LogP contribution is 2.32. The Hall–Kier alpha value is -3.69. The molecular formula is C31H35N3O3. The number of rotatable bonds is 11. The molecule has 0 N–H and O–H groups in total. The Morgan fingerprint density at radius 2 is 1.86 bits per heavy atom. The van der Waals surface area contributed by atoms with Crippen LogP contribution in [0, 0.1) is 17.2 Å². The van der Waals surface area contributed by atoms with Crippen molar-refractivity contribution < 1.29 is 14.3 Å². The van der Waals surface area contributed by atoms with Crippen molar-refractivity contribution in [2.45, 2.75) is 51.6 Å². The van der Waals surface area contributed by atoms with Crippen LogP contribution in [0.4, 0.5) is 5.69 Å². The van der Waals surface area contributed by atoms with Crippen LogP contribution < -0.4 is 9.64 Å². The maximum Gasteiger partial charge on any atom is 0.230 e. The molecule has 3 aromatic rings. The van der Waals surface area contributed by atoms with Gasteiger partial charge in [0.2, 0.25) is 11.8 Å². The SMILES string of the molecule is COc1cc(-c2cccc(N(CCCOCc3ccc(C(C)(C)C#N)cc3)C(=O)C3CCC3)c2)ccn1. The monoisotopic (exact) mass is 497 g/mol. The summed E-state index contributed by atoms with van der Waals surface area (Å²) in [5, 5.41) is 9.32. The van der Waals surface area contributed by atoms with E-state index in [0.717, 1.165) is 53.6 Å². The number of methoxy groups -OCH3 is 1. The number of benzene rings is 2. The smallest absolute Gasteiger partial charge is 0.230 e. The van der Waals surface area contributed by atoms with E-state index in [1.165, 1.54) is 0 Å². The van der Waals surface area contributed by atoms with Crippen molar-refractivity contribution in [3.05, 3.63) is 78.0 Å². The van der Waals surface area contributed by atoms with E-state index in [4.69, 9.17) is 9.47 Å². The lowest BCUT2D eigenvalue weighted by atomic mass is 9.84. The van der Waals surface area contributed by atoms with Crippen LogP contribution in [-0.4, -0.2) is 31.2 Å². The first-order valence-electron chi connectivity index (χ1n) is 12.9. The molecular weight excluding hydrogens is 462 g/mol. The van der Waals surface area contributed by atoms with Gasteiger partial charge in [0, 0.05) is 37.0 Å². The molecule has 0 radical (unpaired) electrons. The maximum absolute atomic E-state index is 13.3. The fraction of sp³-hybridized carbons (Fsp3) is 0.387. The Balaban J connectivity index is 1.38. The number of carbonyl (C=O) groups excluding carboxylic acids is 1. The van der Waals surface area contributed by atoms with E-state index in [1.807, 2.05) is 73.3 Å². The molecule has 1 fully saturated rings. The standard InChI is InChI=1S/C31H35N3O3/c1-31(2,22-32)27-13-11-23(12-14-27)21-37-18-6-17-34(30(35)24-7-4-8-24)28-10-5-9-25(19-28)26-15-16-33-29(20-26)36-3/h5,9-16,19-20,24H,4,6-8,17-18,21H2,1-3H3. The second-order valence-electron chi connectivity index (χ2n) is 10.1. The topological polar surface area (TPSA) is 75.5 Å². The molecule has 1 amide bonds. The fourth-order valence-corrected chi connectivity index (χ4v) is 4.39. The summed E-state index contributed by atoms with van der Waals surface area (Å²) in [7, 11) is 1.61. The molecule has 2 aromatic carbocycles. The minimum Gasteiger partial charge on any atom is -0.481 e. The number of nitrogens with zero attached hydrogens (tertiary/aromatic N) is 3. The average molecular weight is 498 g/mol. The molecule has 0 atom stereocenters. The molecule has 1 aliphatic rings. The summed E-state index contributed by atoms with van der Waals surface area (Å²) in [5.41, 5.74) is 4.48. The highest BCUT2D eigenvalue weighted by atomic mass is 16.5.